The quantitative estimate of drug-likeness (QED) is 0.443. The molecule has 4 rings (SSSR count). The van der Waals surface area contributed by atoms with Gasteiger partial charge in [-0.25, -0.2) is 0 Å². The summed E-state index contributed by atoms with van der Waals surface area (Å²) in [5, 5.41) is 2.16. The highest BCUT2D eigenvalue weighted by molar-refractivity contribution is 7.16. The number of fused-ring (bicyclic) bond motifs is 2. The van der Waals surface area contributed by atoms with E-state index in [9.17, 15) is 4.79 Å². The van der Waals surface area contributed by atoms with Crippen LogP contribution >= 0.6 is 11.3 Å². The average molecular weight is 372 g/mol. The summed E-state index contributed by atoms with van der Waals surface area (Å²) in [7, 11) is 0. The van der Waals surface area contributed by atoms with Crippen LogP contribution in [0, 0.1) is 13.8 Å². The van der Waals surface area contributed by atoms with Gasteiger partial charge in [0.25, 0.3) is 5.91 Å². The highest BCUT2D eigenvalue weighted by atomic mass is 32.1. The Morgan fingerprint density at radius 1 is 1.11 bits per heavy atom. The summed E-state index contributed by atoms with van der Waals surface area (Å²) in [6, 6.07) is 18.0. The van der Waals surface area contributed by atoms with Gasteiger partial charge >= 0.3 is 0 Å². The molecular formula is C23H20N2OS. The maximum atomic E-state index is 12.8. The van der Waals surface area contributed by atoms with Crippen molar-refractivity contribution in [3.63, 3.8) is 0 Å². The first-order chi connectivity index (χ1) is 13.1. The molecule has 0 fully saturated rings. The molecule has 0 spiro atoms. The van der Waals surface area contributed by atoms with Gasteiger partial charge in [-0.15, -0.1) is 6.58 Å². The van der Waals surface area contributed by atoms with Crippen molar-refractivity contribution in [1.29, 1.82) is 0 Å². The highest BCUT2D eigenvalue weighted by Crippen LogP contribution is 2.24. The number of rotatable bonds is 3. The van der Waals surface area contributed by atoms with Gasteiger partial charge in [-0.05, 0) is 53.9 Å². The molecule has 134 valence electrons. The van der Waals surface area contributed by atoms with Crippen molar-refractivity contribution in [2.24, 2.45) is 4.99 Å². The molecule has 1 heterocycles. The van der Waals surface area contributed by atoms with Crippen LogP contribution in [0.4, 0.5) is 0 Å². The number of amides is 1. The van der Waals surface area contributed by atoms with Crippen molar-refractivity contribution in [3.05, 3.63) is 88.7 Å². The van der Waals surface area contributed by atoms with E-state index in [1.807, 2.05) is 48.5 Å². The highest BCUT2D eigenvalue weighted by Gasteiger charge is 2.11. The maximum absolute atomic E-state index is 12.8. The molecule has 0 saturated carbocycles. The van der Waals surface area contributed by atoms with Crippen LogP contribution in [0.5, 0.6) is 0 Å². The van der Waals surface area contributed by atoms with Gasteiger partial charge in [0.15, 0.2) is 4.80 Å². The van der Waals surface area contributed by atoms with Crippen molar-refractivity contribution in [1.82, 2.24) is 4.57 Å². The topological polar surface area (TPSA) is 34.4 Å². The summed E-state index contributed by atoms with van der Waals surface area (Å²) in [5.74, 6) is -0.223. The Hall–Kier alpha value is -2.98. The van der Waals surface area contributed by atoms with Gasteiger partial charge < -0.3 is 4.57 Å². The number of thiazole rings is 1. The zero-order valence-electron chi connectivity index (χ0n) is 15.4. The molecule has 3 nitrogen and oxygen atoms in total. The molecular weight excluding hydrogens is 352 g/mol. The van der Waals surface area contributed by atoms with Gasteiger partial charge in [0.1, 0.15) is 0 Å². The number of hydrogen-bond donors (Lipinski definition) is 0. The Kier molecular flexibility index (Phi) is 4.50. The standard InChI is InChI=1S/C23H20N2OS/c1-4-11-25-20-13-15(2)12-16(3)21(20)27-23(25)24-22(26)19-10-9-17-7-5-6-8-18(17)14-19/h4-10,12-14H,1,11H2,2-3H3. The molecule has 0 atom stereocenters. The third-order valence-corrected chi connectivity index (χ3v) is 5.85. The minimum absolute atomic E-state index is 0.223. The van der Waals surface area contributed by atoms with Gasteiger partial charge in [-0.1, -0.05) is 53.8 Å². The molecule has 1 amide bonds. The number of aromatic nitrogens is 1. The monoisotopic (exact) mass is 372 g/mol. The maximum Gasteiger partial charge on any atom is 0.279 e. The zero-order chi connectivity index (χ0) is 19.0. The van der Waals surface area contributed by atoms with Gasteiger partial charge in [0.05, 0.1) is 10.2 Å². The third-order valence-electron chi connectivity index (χ3n) is 4.62. The van der Waals surface area contributed by atoms with Gasteiger partial charge in [-0.3, -0.25) is 4.79 Å². The van der Waals surface area contributed by atoms with E-state index in [-0.39, 0.29) is 5.91 Å². The number of carbonyl (C=O) groups is 1. The van der Waals surface area contributed by atoms with E-state index in [1.54, 1.807) is 11.3 Å². The number of hydrogen-bond acceptors (Lipinski definition) is 2. The van der Waals surface area contributed by atoms with E-state index in [0.717, 1.165) is 21.0 Å². The predicted molar refractivity (Wildman–Crippen MR) is 113 cm³/mol. The van der Waals surface area contributed by atoms with Crippen LogP contribution < -0.4 is 4.80 Å². The Balaban J connectivity index is 1.87. The van der Waals surface area contributed by atoms with Gasteiger partial charge in [0, 0.05) is 12.1 Å². The molecule has 0 aliphatic rings. The fraction of sp³-hybridized carbons (Fsp3) is 0.130. The van der Waals surface area contributed by atoms with Crippen LogP contribution in [-0.4, -0.2) is 10.5 Å². The zero-order valence-corrected chi connectivity index (χ0v) is 16.2. The molecule has 3 aromatic carbocycles. The third kappa shape index (κ3) is 3.24. The molecule has 0 saturated heterocycles. The predicted octanol–water partition coefficient (Wildman–Crippen LogP) is 5.40. The van der Waals surface area contributed by atoms with Crippen molar-refractivity contribution in [3.8, 4) is 0 Å². The van der Waals surface area contributed by atoms with Crippen LogP contribution in [0.2, 0.25) is 0 Å². The number of aryl methyl sites for hydroxylation is 2. The van der Waals surface area contributed by atoms with Crippen molar-refractivity contribution >= 4 is 38.2 Å². The second kappa shape index (κ2) is 6.97. The van der Waals surface area contributed by atoms with Crippen LogP contribution in [0.3, 0.4) is 0 Å². The Bertz CT molecular complexity index is 1260. The Labute approximate surface area is 161 Å². The summed E-state index contributed by atoms with van der Waals surface area (Å²) >= 11 is 1.55. The first-order valence-corrected chi connectivity index (χ1v) is 9.68. The number of benzene rings is 3. The lowest BCUT2D eigenvalue weighted by molar-refractivity contribution is 0.0998. The summed E-state index contributed by atoms with van der Waals surface area (Å²) in [6.07, 6.45) is 1.84. The second-order valence-electron chi connectivity index (χ2n) is 6.69. The van der Waals surface area contributed by atoms with Crippen molar-refractivity contribution < 1.29 is 4.79 Å². The summed E-state index contributed by atoms with van der Waals surface area (Å²) in [6.45, 7) is 8.65. The van der Waals surface area contributed by atoms with Gasteiger partial charge in [-0.2, -0.15) is 4.99 Å². The van der Waals surface area contributed by atoms with E-state index >= 15 is 0 Å². The lowest BCUT2D eigenvalue weighted by atomic mass is 10.1. The Morgan fingerprint density at radius 2 is 1.89 bits per heavy atom. The van der Waals surface area contributed by atoms with Crippen molar-refractivity contribution in [2.75, 3.05) is 0 Å². The van der Waals surface area contributed by atoms with E-state index in [4.69, 9.17) is 0 Å². The smallest absolute Gasteiger partial charge is 0.279 e. The van der Waals surface area contributed by atoms with E-state index in [2.05, 4.69) is 42.1 Å². The molecule has 0 unspecified atom stereocenters. The molecule has 4 aromatic rings. The second-order valence-corrected chi connectivity index (χ2v) is 7.67. The fourth-order valence-corrected chi connectivity index (χ4v) is 4.46. The lowest BCUT2D eigenvalue weighted by Crippen LogP contribution is -2.16. The summed E-state index contributed by atoms with van der Waals surface area (Å²) in [5.41, 5.74) is 4.10. The van der Waals surface area contributed by atoms with Gasteiger partial charge in [0.2, 0.25) is 0 Å². The van der Waals surface area contributed by atoms with E-state index < -0.39 is 0 Å². The number of allylic oxidation sites excluding steroid dienone is 1. The minimum Gasteiger partial charge on any atom is -0.312 e. The van der Waals surface area contributed by atoms with Crippen molar-refractivity contribution in [2.45, 2.75) is 20.4 Å². The molecule has 0 radical (unpaired) electrons. The van der Waals surface area contributed by atoms with Crippen LogP contribution in [0.25, 0.3) is 21.0 Å². The van der Waals surface area contributed by atoms with Crippen LogP contribution in [0.1, 0.15) is 21.5 Å². The summed E-state index contributed by atoms with van der Waals surface area (Å²) in [4.78, 5) is 18.0. The molecule has 27 heavy (non-hydrogen) atoms. The number of nitrogens with zero attached hydrogens (tertiary/aromatic N) is 2. The molecule has 0 bridgehead atoms. The average Bonchev–Trinajstić information content (AvgIpc) is 2.99. The summed E-state index contributed by atoms with van der Waals surface area (Å²) < 4.78 is 3.22. The molecule has 0 N–H and O–H groups in total. The molecule has 4 heteroatoms. The number of carbonyl (C=O) groups excluding carboxylic acids is 1. The first-order valence-electron chi connectivity index (χ1n) is 8.86. The van der Waals surface area contributed by atoms with E-state index in [0.29, 0.717) is 16.9 Å². The fourth-order valence-electron chi connectivity index (χ4n) is 3.38. The normalized spacial score (nSPS) is 12.0. The molecule has 0 aliphatic heterocycles. The van der Waals surface area contributed by atoms with Crippen LogP contribution in [-0.2, 0) is 6.54 Å². The minimum atomic E-state index is -0.223. The largest absolute Gasteiger partial charge is 0.312 e. The van der Waals surface area contributed by atoms with Crippen LogP contribution in [0.15, 0.2) is 72.2 Å². The van der Waals surface area contributed by atoms with E-state index in [1.165, 1.54) is 11.1 Å². The lowest BCUT2D eigenvalue weighted by Gasteiger charge is -2.04. The SMILES string of the molecule is C=CCn1c(=NC(=O)c2ccc3ccccc3c2)sc2c(C)cc(C)cc21. The Morgan fingerprint density at radius 3 is 2.67 bits per heavy atom. The molecule has 1 aromatic heterocycles. The molecule has 0 aliphatic carbocycles. The first kappa shape index (κ1) is 17.4.